The molecule has 0 bridgehead atoms. The maximum absolute atomic E-state index is 12.8. The van der Waals surface area contributed by atoms with Gasteiger partial charge in [0.1, 0.15) is 12.6 Å². The van der Waals surface area contributed by atoms with Gasteiger partial charge in [-0.15, -0.1) is 10.2 Å². The third-order valence-corrected chi connectivity index (χ3v) is 4.54. The molecule has 136 valence electrons. The molecule has 1 atom stereocenters. The van der Waals surface area contributed by atoms with E-state index in [1.54, 1.807) is 6.92 Å². The van der Waals surface area contributed by atoms with Crippen molar-refractivity contribution in [1.29, 1.82) is 0 Å². The van der Waals surface area contributed by atoms with Crippen LogP contribution in [0.3, 0.4) is 0 Å². The first-order chi connectivity index (χ1) is 13.0. The molecule has 1 aliphatic heterocycles. The number of aryl methyl sites for hydroxylation is 1. The molecule has 4 rings (SSSR count). The molecule has 7 nitrogen and oxygen atoms in total. The predicted molar refractivity (Wildman–Crippen MR) is 98.8 cm³/mol. The van der Waals surface area contributed by atoms with E-state index in [0.29, 0.717) is 11.6 Å². The molecule has 1 aromatic heterocycles. The monoisotopic (exact) mass is 362 g/mol. The summed E-state index contributed by atoms with van der Waals surface area (Å²) in [5, 5.41) is 7.98. The Kier molecular flexibility index (Phi) is 4.19. The van der Waals surface area contributed by atoms with Gasteiger partial charge in [0, 0.05) is 11.3 Å². The SMILES string of the molecule is Cc1ccc(N2C(=O)N(Cc3nnc(-c4ccccc4)o3)C(=O)C2C)cc1. The van der Waals surface area contributed by atoms with Crippen LogP contribution in [0.4, 0.5) is 10.5 Å². The molecule has 3 aromatic rings. The summed E-state index contributed by atoms with van der Waals surface area (Å²) in [4.78, 5) is 28.1. The van der Waals surface area contributed by atoms with Crippen LogP contribution < -0.4 is 4.90 Å². The van der Waals surface area contributed by atoms with Gasteiger partial charge in [-0.1, -0.05) is 35.9 Å². The number of benzene rings is 2. The molecule has 2 aromatic carbocycles. The van der Waals surface area contributed by atoms with Gasteiger partial charge in [-0.2, -0.15) is 0 Å². The summed E-state index contributed by atoms with van der Waals surface area (Å²) in [5.74, 6) is 0.279. The summed E-state index contributed by atoms with van der Waals surface area (Å²) in [5.41, 5.74) is 2.55. The Morgan fingerprint density at radius 3 is 2.41 bits per heavy atom. The highest BCUT2D eigenvalue weighted by atomic mass is 16.4. The van der Waals surface area contributed by atoms with E-state index in [4.69, 9.17) is 4.42 Å². The van der Waals surface area contributed by atoms with Crippen molar-refractivity contribution in [3.63, 3.8) is 0 Å². The van der Waals surface area contributed by atoms with Gasteiger partial charge >= 0.3 is 6.03 Å². The summed E-state index contributed by atoms with van der Waals surface area (Å²) in [7, 11) is 0. The van der Waals surface area contributed by atoms with E-state index >= 15 is 0 Å². The molecule has 1 fully saturated rings. The normalized spacial score (nSPS) is 17.0. The topological polar surface area (TPSA) is 79.5 Å². The molecule has 2 heterocycles. The van der Waals surface area contributed by atoms with Crippen LogP contribution in [0.5, 0.6) is 0 Å². The van der Waals surface area contributed by atoms with Crippen LogP contribution in [0.1, 0.15) is 18.4 Å². The number of imide groups is 1. The first kappa shape index (κ1) is 17.0. The molecule has 0 spiro atoms. The van der Waals surface area contributed by atoms with Crippen LogP contribution in [0.25, 0.3) is 11.5 Å². The highest BCUT2D eigenvalue weighted by Gasteiger charge is 2.43. The lowest BCUT2D eigenvalue weighted by Crippen LogP contribution is -2.33. The van der Waals surface area contributed by atoms with Gasteiger partial charge in [0.25, 0.3) is 5.91 Å². The third kappa shape index (κ3) is 3.08. The van der Waals surface area contributed by atoms with Crippen molar-refractivity contribution < 1.29 is 14.0 Å². The molecular formula is C20H18N4O3. The van der Waals surface area contributed by atoms with E-state index in [1.165, 1.54) is 4.90 Å². The Labute approximate surface area is 156 Å². The van der Waals surface area contributed by atoms with Crippen LogP contribution >= 0.6 is 0 Å². The Balaban J connectivity index is 1.56. The molecule has 27 heavy (non-hydrogen) atoms. The van der Waals surface area contributed by atoms with Gasteiger partial charge in [-0.3, -0.25) is 14.6 Å². The molecule has 0 aliphatic carbocycles. The lowest BCUT2D eigenvalue weighted by Gasteiger charge is -2.19. The van der Waals surface area contributed by atoms with E-state index < -0.39 is 12.1 Å². The number of nitrogens with zero attached hydrogens (tertiary/aromatic N) is 4. The minimum absolute atomic E-state index is 0.0514. The first-order valence-electron chi connectivity index (χ1n) is 8.63. The van der Waals surface area contributed by atoms with Crippen molar-refractivity contribution in [2.24, 2.45) is 0 Å². The molecule has 1 saturated heterocycles. The quantitative estimate of drug-likeness (QED) is 0.665. The predicted octanol–water partition coefficient (Wildman–Crippen LogP) is 3.40. The van der Waals surface area contributed by atoms with Crippen LogP contribution in [0, 0.1) is 6.92 Å². The number of aromatic nitrogens is 2. The molecule has 1 aliphatic rings. The van der Waals surface area contributed by atoms with E-state index in [1.807, 2.05) is 61.5 Å². The number of hydrogen-bond donors (Lipinski definition) is 0. The number of amides is 3. The minimum atomic E-state index is -0.586. The largest absolute Gasteiger partial charge is 0.419 e. The van der Waals surface area contributed by atoms with Crippen LogP contribution in [0.2, 0.25) is 0 Å². The molecule has 0 saturated carbocycles. The zero-order valence-corrected chi connectivity index (χ0v) is 15.0. The lowest BCUT2D eigenvalue weighted by atomic mass is 10.2. The second-order valence-corrected chi connectivity index (χ2v) is 6.46. The molecule has 1 unspecified atom stereocenters. The van der Waals surface area contributed by atoms with Gasteiger partial charge in [-0.05, 0) is 38.1 Å². The molecular weight excluding hydrogens is 344 g/mol. The van der Waals surface area contributed by atoms with Crippen molar-refractivity contribution in [2.45, 2.75) is 26.4 Å². The maximum atomic E-state index is 12.8. The van der Waals surface area contributed by atoms with E-state index in [9.17, 15) is 9.59 Å². The fourth-order valence-corrected chi connectivity index (χ4v) is 3.06. The fraction of sp³-hybridized carbons (Fsp3) is 0.200. The highest BCUT2D eigenvalue weighted by molar-refractivity contribution is 6.13. The fourth-order valence-electron chi connectivity index (χ4n) is 3.06. The third-order valence-electron chi connectivity index (χ3n) is 4.54. The zero-order valence-electron chi connectivity index (χ0n) is 15.0. The molecule has 7 heteroatoms. The number of rotatable bonds is 4. The Bertz CT molecular complexity index is 982. The summed E-state index contributed by atoms with van der Waals surface area (Å²) < 4.78 is 5.63. The average molecular weight is 362 g/mol. The number of urea groups is 1. The van der Waals surface area contributed by atoms with Gasteiger partial charge in [0.05, 0.1) is 0 Å². The standard InChI is InChI=1S/C20H18N4O3/c1-13-8-10-16(11-9-13)24-14(2)19(25)23(20(24)26)12-17-21-22-18(27-17)15-6-4-3-5-7-15/h3-11,14H,12H2,1-2H3. The second kappa shape index (κ2) is 6.68. The van der Waals surface area contributed by atoms with Gasteiger partial charge < -0.3 is 4.42 Å². The van der Waals surface area contributed by atoms with Crippen LogP contribution in [0.15, 0.2) is 59.0 Å². The van der Waals surface area contributed by atoms with Gasteiger partial charge in [0.15, 0.2) is 0 Å². The number of hydrogen-bond acceptors (Lipinski definition) is 5. The van der Waals surface area contributed by atoms with Crippen LogP contribution in [-0.4, -0.2) is 33.1 Å². The zero-order chi connectivity index (χ0) is 19.0. The van der Waals surface area contributed by atoms with Gasteiger partial charge in [0.2, 0.25) is 11.8 Å². The molecule has 0 N–H and O–H groups in total. The van der Waals surface area contributed by atoms with E-state index in [-0.39, 0.29) is 18.3 Å². The number of carbonyl (C=O) groups is 2. The van der Waals surface area contributed by atoms with Crippen LogP contribution in [-0.2, 0) is 11.3 Å². The summed E-state index contributed by atoms with van der Waals surface area (Å²) in [6.07, 6.45) is 0. The average Bonchev–Trinajstić information content (AvgIpc) is 3.23. The molecule has 3 amide bonds. The van der Waals surface area contributed by atoms with Crippen molar-refractivity contribution in [3.8, 4) is 11.5 Å². The molecule has 0 radical (unpaired) electrons. The van der Waals surface area contributed by atoms with Crippen molar-refractivity contribution in [1.82, 2.24) is 15.1 Å². The van der Waals surface area contributed by atoms with E-state index in [0.717, 1.165) is 16.0 Å². The van der Waals surface area contributed by atoms with Crippen molar-refractivity contribution in [2.75, 3.05) is 4.90 Å². The second-order valence-electron chi connectivity index (χ2n) is 6.46. The summed E-state index contributed by atoms with van der Waals surface area (Å²) >= 11 is 0. The Morgan fingerprint density at radius 2 is 1.70 bits per heavy atom. The Hall–Kier alpha value is -3.48. The smallest absolute Gasteiger partial charge is 0.332 e. The summed E-state index contributed by atoms with van der Waals surface area (Å²) in [6, 6.07) is 15.8. The minimum Gasteiger partial charge on any atom is -0.419 e. The first-order valence-corrected chi connectivity index (χ1v) is 8.63. The van der Waals surface area contributed by atoms with Crippen molar-refractivity contribution >= 4 is 17.6 Å². The Morgan fingerprint density at radius 1 is 1.00 bits per heavy atom. The highest BCUT2D eigenvalue weighted by Crippen LogP contribution is 2.27. The van der Waals surface area contributed by atoms with E-state index in [2.05, 4.69) is 10.2 Å². The lowest BCUT2D eigenvalue weighted by molar-refractivity contribution is -0.127. The summed E-state index contributed by atoms with van der Waals surface area (Å²) in [6.45, 7) is 3.63. The van der Waals surface area contributed by atoms with Gasteiger partial charge in [-0.25, -0.2) is 4.79 Å². The number of carbonyl (C=O) groups excluding carboxylic acids is 2. The number of anilines is 1. The van der Waals surface area contributed by atoms with Crippen molar-refractivity contribution in [3.05, 3.63) is 66.1 Å². The maximum Gasteiger partial charge on any atom is 0.332 e.